The van der Waals surface area contributed by atoms with Crippen LogP contribution in [0, 0.1) is 27.7 Å². The Labute approximate surface area is 246 Å². The fourth-order valence-electron chi connectivity index (χ4n) is 4.97. The second-order valence-corrected chi connectivity index (χ2v) is 12.1. The number of nitrogens with zero attached hydrogens (tertiary/aromatic N) is 1. The van der Waals surface area contributed by atoms with Crippen molar-refractivity contribution in [2.45, 2.75) is 40.7 Å². The summed E-state index contributed by atoms with van der Waals surface area (Å²) in [5.74, 6) is 1.83. The van der Waals surface area contributed by atoms with E-state index < -0.39 is 7.92 Å². The first-order valence-corrected chi connectivity index (χ1v) is 14.2. The van der Waals surface area contributed by atoms with Crippen molar-refractivity contribution < 1.29 is 31.3 Å². The molecule has 6 heteroatoms. The number of rotatable bonds is 8. The maximum atomic E-state index is 12.4. The van der Waals surface area contributed by atoms with Crippen molar-refractivity contribution in [2.24, 2.45) is 0 Å². The molecule has 4 rings (SSSR count). The molecule has 4 aromatic carbocycles. The van der Waals surface area contributed by atoms with Crippen LogP contribution in [0.3, 0.4) is 0 Å². The van der Waals surface area contributed by atoms with Crippen molar-refractivity contribution in [1.29, 1.82) is 0 Å². The summed E-state index contributed by atoms with van der Waals surface area (Å²) >= 11 is 0. The molecule has 0 heterocycles. The van der Waals surface area contributed by atoms with Crippen LogP contribution in [0.1, 0.15) is 51.1 Å². The molecule has 0 amide bonds. The number of hydrogen-bond donors (Lipinski definition) is 0. The normalized spacial score (nSPS) is 11.5. The zero-order chi connectivity index (χ0) is 28.0. The molecule has 214 valence electrons. The number of carbonyl (C=O) groups is 1. The summed E-state index contributed by atoms with van der Waals surface area (Å²) in [4.78, 5) is 14.6. The van der Waals surface area contributed by atoms with E-state index in [4.69, 9.17) is 9.47 Å². The molecule has 4 aromatic rings. The van der Waals surface area contributed by atoms with Gasteiger partial charge in [-0.3, -0.25) is 0 Å². The second kappa shape index (κ2) is 14.6. The molecule has 0 saturated heterocycles. The third kappa shape index (κ3) is 7.29. The van der Waals surface area contributed by atoms with Crippen molar-refractivity contribution >= 4 is 30.1 Å². The number of carbonyl (C=O) groups excluding carboxylic acids is 1. The van der Waals surface area contributed by atoms with Crippen LogP contribution in [0.4, 0.5) is 0 Å². The molecule has 0 aliphatic rings. The van der Waals surface area contributed by atoms with E-state index >= 15 is 0 Å². The van der Waals surface area contributed by atoms with E-state index in [1.165, 1.54) is 10.6 Å². The summed E-state index contributed by atoms with van der Waals surface area (Å²) in [5.41, 5.74) is 6.28. The van der Waals surface area contributed by atoms with Gasteiger partial charge in [0.05, 0.1) is 20.5 Å². The number of aryl methyl sites for hydroxylation is 4. The summed E-state index contributed by atoms with van der Waals surface area (Å²) < 4.78 is 11.3. The monoisotopic (exact) mass is 585 g/mol. The molecule has 0 N–H and O–H groups in total. The van der Waals surface area contributed by atoms with Gasteiger partial charge in [-0.15, -0.1) is 17.2 Å². The summed E-state index contributed by atoms with van der Waals surface area (Å²) in [6.45, 7) is 10.5. The second-order valence-electron chi connectivity index (χ2n) is 9.87. The largest absolute Gasteiger partial charge is 0.748 e. The summed E-state index contributed by atoms with van der Waals surface area (Å²) in [7, 11) is 6.56. The van der Waals surface area contributed by atoms with Crippen LogP contribution in [-0.2, 0) is 17.1 Å². The van der Waals surface area contributed by atoms with Gasteiger partial charge in [0.25, 0.3) is 0 Å². The Balaban J connectivity index is 0.000000797. The molecule has 0 aliphatic heterocycles. The van der Waals surface area contributed by atoms with Gasteiger partial charge in [0.2, 0.25) is 0 Å². The van der Waals surface area contributed by atoms with Crippen LogP contribution >= 0.6 is 7.92 Å². The van der Waals surface area contributed by atoms with Crippen LogP contribution in [0.15, 0.2) is 66.7 Å². The van der Waals surface area contributed by atoms with Crippen molar-refractivity contribution in [3.8, 4) is 11.5 Å². The van der Waals surface area contributed by atoms with E-state index in [0.29, 0.717) is 0 Å². The Kier molecular flexibility index (Phi) is 12.2. The van der Waals surface area contributed by atoms with E-state index in [2.05, 4.69) is 75.9 Å². The standard InChI is InChI=1S/C28H35NO3P.C5H5.Fe/c1-17-12-22(13-18(2)27(17)31-8)33(23-14-19(3)28(32-9)20(4)15-23)26-11-10-24(25(26)16-30)21(5)29(6)7;1-2-4-5-3-1;/h10-16,21H,1-9H3;1-5H;/q-1;-5;. The van der Waals surface area contributed by atoms with Gasteiger partial charge in [-0.2, -0.15) is 6.07 Å². The molecule has 0 fully saturated rings. The van der Waals surface area contributed by atoms with Crippen LogP contribution < -0.4 is 25.4 Å². The van der Waals surface area contributed by atoms with Gasteiger partial charge in [-0.25, -0.2) is 0 Å². The van der Waals surface area contributed by atoms with Gasteiger partial charge in [0.1, 0.15) is 11.5 Å². The molecule has 0 aliphatic carbocycles. The first-order chi connectivity index (χ1) is 18.1. The Morgan fingerprint density at radius 3 is 1.51 bits per heavy atom. The molecule has 4 nitrogen and oxygen atoms in total. The predicted molar refractivity (Wildman–Crippen MR) is 162 cm³/mol. The summed E-state index contributed by atoms with van der Waals surface area (Å²) in [6.07, 6.45) is 1.03. The van der Waals surface area contributed by atoms with Gasteiger partial charge in [-0.05, 0) is 105 Å². The first kappa shape index (κ1) is 32.5. The van der Waals surface area contributed by atoms with Gasteiger partial charge in [0, 0.05) is 17.1 Å². The van der Waals surface area contributed by atoms with Crippen molar-refractivity contribution in [2.75, 3.05) is 28.3 Å². The van der Waals surface area contributed by atoms with E-state index in [1.807, 2.05) is 44.4 Å². The minimum Gasteiger partial charge on any atom is -0.748 e. The quantitative estimate of drug-likeness (QED) is 0.106. The Bertz CT molecular complexity index is 1230. The van der Waals surface area contributed by atoms with Gasteiger partial charge in [-0.1, -0.05) is 20.1 Å². The van der Waals surface area contributed by atoms with Crippen molar-refractivity contribution in [1.82, 2.24) is 4.90 Å². The molecule has 0 bridgehead atoms. The third-order valence-electron chi connectivity index (χ3n) is 6.96. The van der Waals surface area contributed by atoms with E-state index in [9.17, 15) is 4.79 Å². The Morgan fingerprint density at radius 2 is 1.21 bits per heavy atom. The molecule has 0 aromatic heterocycles. The molecule has 0 saturated carbocycles. The van der Waals surface area contributed by atoms with Crippen LogP contribution in [-0.4, -0.2) is 39.5 Å². The first-order valence-electron chi connectivity index (χ1n) is 12.8. The molecule has 0 radical (unpaired) electrons. The number of ether oxygens (including phenoxy) is 2. The third-order valence-corrected chi connectivity index (χ3v) is 9.38. The molecule has 1 unspecified atom stereocenters. The van der Waals surface area contributed by atoms with E-state index in [0.717, 1.165) is 56.5 Å². The van der Waals surface area contributed by atoms with Gasteiger partial charge < -0.3 is 49.5 Å². The van der Waals surface area contributed by atoms with Crippen molar-refractivity contribution in [3.63, 3.8) is 0 Å². The van der Waals surface area contributed by atoms with Crippen molar-refractivity contribution in [3.05, 3.63) is 100 Å². The number of hydrogen-bond acceptors (Lipinski definition) is 4. The summed E-state index contributed by atoms with van der Waals surface area (Å²) in [5, 5.41) is 3.52. The van der Waals surface area contributed by atoms with Crippen LogP contribution in [0.25, 0.3) is 0 Å². The minimum absolute atomic E-state index is 0. The number of benzene rings is 2. The molecular weight excluding hydrogens is 545 g/mol. The number of methoxy groups -OCH3 is 2. The van der Waals surface area contributed by atoms with Crippen LogP contribution in [0.2, 0.25) is 0 Å². The fraction of sp³-hybridized carbons (Fsp3) is 0.303. The maximum Gasteiger partial charge on any atom is 0.124 e. The molecule has 1 atom stereocenters. The van der Waals surface area contributed by atoms with E-state index in [-0.39, 0.29) is 23.1 Å². The van der Waals surface area contributed by atoms with E-state index in [1.54, 1.807) is 14.2 Å². The summed E-state index contributed by atoms with van der Waals surface area (Å²) in [6, 6.07) is 23.3. The Morgan fingerprint density at radius 1 is 0.821 bits per heavy atom. The average Bonchev–Trinajstić information content (AvgIpc) is 3.57. The SMILES string of the molecule is COc1c(C)cc(P(c2cc(C)c(OC)c(C)c2)[c-]2ccc(C(C)N(C)C)c2C=O)cc1C.[Fe].[cH-]1[cH-][cH-][cH-][cH-]1. The zero-order valence-electron chi connectivity index (χ0n) is 24.5. The Hall–Kier alpha value is -2.68. The minimum atomic E-state index is -0.956. The van der Waals surface area contributed by atoms with Gasteiger partial charge >= 0.3 is 0 Å². The predicted octanol–water partition coefficient (Wildman–Crippen LogP) is 6.25. The zero-order valence-corrected chi connectivity index (χ0v) is 26.5. The van der Waals surface area contributed by atoms with Crippen LogP contribution in [0.5, 0.6) is 11.5 Å². The maximum absolute atomic E-state index is 12.4. The molecule has 39 heavy (non-hydrogen) atoms. The molecule has 0 spiro atoms. The topological polar surface area (TPSA) is 38.8 Å². The molecular formula is C33H40FeNO3P-6. The average molecular weight is 586 g/mol. The number of aldehydes is 1. The smallest absolute Gasteiger partial charge is 0.124 e. The fourth-order valence-corrected chi connectivity index (χ4v) is 7.76. The van der Waals surface area contributed by atoms with Gasteiger partial charge in [0.15, 0.2) is 0 Å².